The number of alkyl halides is 3. The number of likely N-dealkylation sites (tertiary alicyclic amines) is 1. The van der Waals surface area contributed by atoms with Crippen LogP contribution in [0.15, 0.2) is 52.7 Å². The number of nitrogen functional groups attached to an aromatic ring is 1. The summed E-state index contributed by atoms with van der Waals surface area (Å²) in [5.41, 5.74) is 6.97. The summed E-state index contributed by atoms with van der Waals surface area (Å²) in [6, 6.07) is 13.3. The van der Waals surface area contributed by atoms with Crippen molar-refractivity contribution in [2.75, 3.05) is 13.6 Å². The van der Waals surface area contributed by atoms with Crippen LogP contribution in [0, 0.1) is 5.41 Å². The molecule has 0 radical (unpaired) electrons. The topological polar surface area (TPSA) is 145 Å². The number of thiophene rings is 1. The molecule has 4 rings (SSSR count). The van der Waals surface area contributed by atoms with Crippen molar-refractivity contribution in [3.63, 3.8) is 0 Å². The average molecular weight is 591 g/mol. The minimum absolute atomic E-state index is 0.0401. The summed E-state index contributed by atoms with van der Waals surface area (Å²) >= 11 is 7.34. The molecule has 1 aromatic heterocycles. The highest BCUT2D eigenvalue weighted by Crippen LogP contribution is 2.35. The molecule has 2 heterocycles. The first-order valence-corrected chi connectivity index (χ1v) is 13.4. The molecule has 0 bridgehead atoms. The minimum atomic E-state index is -5.08. The number of rotatable bonds is 6. The summed E-state index contributed by atoms with van der Waals surface area (Å²) in [5.74, 6) is -3.03. The molecule has 0 unspecified atom stereocenters. The van der Waals surface area contributed by atoms with Gasteiger partial charge in [-0.1, -0.05) is 35.9 Å². The Morgan fingerprint density at radius 2 is 1.89 bits per heavy atom. The molecule has 0 saturated carbocycles. The van der Waals surface area contributed by atoms with Gasteiger partial charge >= 0.3 is 12.1 Å². The number of benzene rings is 2. The van der Waals surface area contributed by atoms with E-state index in [9.17, 15) is 26.4 Å². The third-order valence-corrected chi connectivity index (χ3v) is 9.43. The maximum absolute atomic E-state index is 13.2. The molecule has 1 fully saturated rings. The molecule has 204 valence electrons. The SMILES string of the molecule is CN([C@H]1CCN(Cc2cccc(C(=N)N)c2)C1=O)S(=O)(=O)c1cc2c(Cl)cccc2s1.O=C(O)C(F)(F)F. The third kappa shape index (κ3) is 6.43. The van der Waals surface area contributed by atoms with E-state index < -0.39 is 28.2 Å². The van der Waals surface area contributed by atoms with Gasteiger partial charge in [0, 0.05) is 40.8 Å². The van der Waals surface area contributed by atoms with Crippen LogP contribution in [0.5, 0.6) is 0 Å². The number of halogens is 4. The van der Waals surface area contributed by atoms with Gasteiger partial charge in [-0.15, -0.1) is 11.3 Å². The lowest BCUT2D eigenvalue weighted by Gasteiger charge is -2.23. The first-order chi connectivity index (χ1) is 17.6. The number of aliphatic carboxylic acids is 1. The Morgan fingerprint density at radius 3 is 2.47 bits per heavy atom. The fraction of sp³-hybridized carbons (Fsp3) is 0.261. The summed E-state index contributed by atoms with van der Waals surface area (Å²) < 4.78 is 60.3. The second-order valence-electron chi connectivity index (χ2n) is 8.22. The number of nitrogens with zero attached hydrogens (tertiary/aromatic N) is 2. The molecule has 0 spiro atoms. The number of fused-ring (bicyclic) bond motifs is 1. The van der Waals surface area contributed by atoms with E-state index in [0.29, 0.717) is 35.5 Å². The Bertz CT molecular complexity index is 1490. The lowest BCUT2D eigenvalue weighted by Crippen LogP contribution is -2.42. The highest BCUT2D eigenvalue weighted by molar-refractivity contribution is 7.91. The Hall–Kier alpha value is -3.20. The molecule has 15 heteroatoms. The van der Waals surface area contributed by atoms with E-state index in [1.165, 1.54) is 11.4 Å². The second-order valence-corrected chi connectivity index (χ2v) is 11.9. The van der Waals surface area contributed by atoms with Crippen molar-refractivity contribution in [2.45, 2.75) is 29.4 Å². The van der Waals surface area contributed by atoms with Gasteiger partial charge in [0.25, 0.3) is 10.0 Å². The Kier molecular flexibility index (Phi) is 8.71. The van der Waals surface area contributed by atoms with E-state index in [1.54, 1.807) is 41.3 Å². The van der Waals surface area contributed by atoms with Crippen LogP contribution >= 0.6 is 22.9 Å². The molecule has 3 aromatic rings. The summed E-state index contributed by atoms with van der Waals surface area (Å²) in [4.78, 5) is 23.5. The molecule has 1 aliphatic rings. The number of sulfonamides is 1. The van der Waals surface area contributed by atoms with Crippen molar-refractivity contribution in [1.29, 1.82) is 5.41 Å². The number of nitrogens with one attached hydrogen (secondary N) is 1. The summed E-state index contributed by atoms with van der Waals surface area (Å²) in [5, 5.41) is 15.9. The molecule has 1 aliphatic heterocycles. The van der Waals surface area contributed by atoms with Gasteiger partial charge in [-0.2, -0.15) is 17.5 Å². The molecule has 1 saturated heterocycles. The molecular weight excluding hydrogens is 569 g/mol. The number of amidine groups is 1. The van der Waals surface area contributed by atoms with Crippen molar-refractivity contribution in [2.24, 2.45) is 5.73 Å². The van der Waals surface area contributed by atoms with E-state index in [-0.39, 0.29) is 16.0 Å². The summed E-state index contributed by atoms with van der Waals surface area (Å²) in [6.07, 6.45) is -4.67. The number of carboxylic acid groups (broad SMARTS) is 1. The molecule has 2 aromatic carbocycles. The molecule has 1 amide bonds. The summed E-state index contributed by atoms with van der Waals surface area (Å²) in [6.45, 7) is 0.786. The van der Waals surface area contributed by atoms with Gasteiger partial charge in [-0.25, -0.2) is 13.2 Å². The fourth-order valence-corrected chi connectivity index (χ4v) is 6.94. The highest BCUT2D eigenvalue weighted by atomic mass is 35.5. The summed E-state index contributed by atoms with van der Waals surface area (Å²) in [7, 11) is -2.40. The zero-order valence-electron chi connectivity index (χ0n) is 19.7. The number of carboxylic acids is 1. The Balaban J connectivity index is 0.000000505. The van der Waals surface area contributed by atoms with Crippen LogP contribution < -0.4 is 5.73 Å². The molecular formula is C23H22ClF3N4O5S2. The largest absolute Gasteiger partial charge is 0.490 e. The van der Waals surface area contributed by atoms with Crippen LogP contribution in [0.2, 0.25) is 5.02 Å². The lowest BCUT2D eigenvalue weighted by atomic mass is 10.1. The van der Waals surface area contributed by atoms with E-state index in [2.05, 4.69) is 0 Å². The van der Waals surface area contributed by atoms with Gasteiger partial charge in [-0.3, -0.25) is 10.2 Å². The Labute approximate surface area is 224 Å². The first-order valence-electron chi connectivity index (χ1n) is 10.8. The second kappa shape index (κ2) is 11.3. The number of hydrogen-bond donors (Lipinski definition) is 3. The first kappa shape index (κ1) is 29.4. The van der Waals surface area contributed by atoms with Crippen LogP contribution in [-0.4, -0.2) is 66.3 Å². The van der Waals surface area contributed by atoms with Crippen LogP contribution in [-0.2, 0) is 26.2 Å². The molecule has 1 atom stereocenters. The van der Waals surface area contributed by atoms with E-state index >= 15 is 0 Å². The molecule has 9 nitrogen and oxygen atoms in total. The van der Waals surface area contributed by atoms with E-state index in [1.807, 2.05) is 12.1 Å². The Morgan fingerprint density at radius 1 is 1.26 bits per heavy atom. The zero-order chi connectivity index (χ0) is 28.4. The smallest absolute Gasteiger partial charge is 0.475 e. The van der Waals surface area contributed by atoms with Gasteiger partial charge in [0.15, 0.2) is 0 Å². The van der Waals surface area contributed by atoms with Crippen LogP contribution in [0.1, 0.15) is 17.5 Å². The normalized spacial score (nSPS) is 16.0. The van der Waals surface area contributed by atoms with Crippen molar-refractivity contribution >= 4 is 60.8 Å². The van der Waals surface area contributed by atoms with Crippen molar-refractivity contribution in [3.05, 3.63) is 64.7 Å². The number of carbonyl (C=O) groups excluding carboxylic acids is 1. The number of amides is 1. The molecule has 38 heavy (non-hydrogen) atoms. The zero-order valence-corrected chi connectivity index (χ0v) is 22.1. The van der Waals surface area contributed by atoms with E-state index in [0.717, 1.165) is 21.6 Å². The van der Waals surface area contributed by atoms with Crippen molar-refractivity contribution < 1.29 is 36.3 Å². The van der Waals surface area contributed by atoms with Crippen molar-refractivity contribution in [1.82, 2.24) is 9.21 Å². The van der Waals surface area contributed by atoms with Gasteiger partial charge in [0.1, 0.15) is 16.1 Å². The van der Waals surface area contributed by atoms with Crippen LogP contribution in [0.4, 0.5) is 13.2 Å². The molecule has 0 aliphatic carbocycles. The average Bonchev–Trinajstić information content (AvgIpc) is 3.44. The standard InChI is InChI=1S/C21H21ClN4O3S2.C2HF3O2/c1-25(31(28,29)19-11-15-16(22)6-3-7-18(15)30-19)17-8-9-26(21(17)27)12-13-4-2-5-14(10-13)20(23)24;3-2(4,5)1(6)7/h2-7,10-11,17H,8-9,12H2,1H3,(H3,23,24);(H,6,7)/t17-;/m0./s1. The maximum atomic E-state index is 13.2. The highest BCUT2D eigenvalue weighted by Gasteiger charge is 2.40. The number of hydrogen-bond acceptors (Lipinski definition) is 6. The lowest BCUT2D eigenvalue weighted by molar-refractivity contribution is -0.192. The van der Waals surface area contributed by atoms with Gasteiger partial charge in [0.2, 0.25) is 5.91 Å². The number of nitrogens with two attached hydrogens (primary N) is 1. The van der Waals surface area contributed by atoms with Gasteiger partial charge in [0.05, 0.1) is 0 Å². The number of likely N-dealkylation sites (N-methyl/N-ethyl adjacent to an activating group) is 1. The quantitative estimate of drug-likeness (QED) is 0.293. The number of carbonyl (C=O) groups is 2. The van der Waals surface area contributed by atoms with Crippen molar-refractivity contribution in [3.8, 4) is 0 Å². The van der Waals surface area contributed by atoms with Crippen LogP contribution in [0.25, 0.3) is 10.1 Å². The maximum Gasteiger partial charge on any atom is 0.490 e. The predicted octanol–water partition coefficient (Wildman–Crippen LogP) is 3.89. The van der Waals surface area contributed by atoms with Gasteiger partial charge in [-0.05, 0) is 36.2 Å². The minimum Gasteiger partial charge on any atom is -0.475 e. The fourth-order valence-electron chi connectivity index (χ4n) is 3.71. The predicted molar refractivity (Wildman–Crippen MR) is 137 cm³/mol. The van der Waals surface area contributed by atoms with Gasteiger partial charge < -0.3 is 15.7 Å². The monoisotopic (exact) mass is 590 g/mol. The third-order valence-electron chi connectivity index (χ3n) is 5.68. The molecule has 4 N–H and O–H groups in total. The van der Waals surface area contributed by atoms with E-state index in [4.69, 9.17) is 32.6 Å². The van der Waals surface area contributed by atoms with Crippen LogP contribution in [0.3, 0.4) is 0 Å².